The Bertz CT molecular complexity index is 644. The summed E-state index contributed by atoms with van der Waals surface area (Å²) >= 11 is 1.59. The van der Waals surface area contributed by atoms with Gasteiger partial charge in [-0.15, -0.1) is 11.3 Å². The van der Waals surface area contributed by atoms with Gasteiger partial charge in [-0.25, -0.2) is 4.98 Å². The largest absolute Gasteiger partial charge is 0.368 e. The van der Waals surface area contributed by atoms with Gasteiger partial charge in [-0.1, -0.05) is 30.3 Å². The lowest BCUT2D eigenvalue weighted by Gasteiger charge is -2.34. The number of hydrogen-bond acceptors (Lipinski definition) is 5. The van der Waals surface area contributed by atoms with Crippen LogP contribution in [0.15, 0.2) is 35.7 Å². The molecule has 2 heterocycles. The number of morpholine rings is 1. The molecule has 0 saturated carbocycles. The summed E-state index contributed by atoms with van der Waals surface area (Å²) < 4.78 is 5.83. The van der Waals surface area contributed by atoms with E-state index in [1.165, 1.54) is 0 Å². The first kappa shape index (κ1) is 15.1. The van der Waals surface area contributed by atoms with Crippen LogP contribution in [0, 0.1) is 0 Å². The molecule has 116 valence electrons. The van der Waals surface area contributed by atoms with E-state index in [0.29, 0.717) is 13.2 Å². The molecule has 5 nitrogen and oxygen atoms in total. The number of aromatic nitrogens is 1. The predicted molar refractivity (Wildman–Crippen MR) is 86.5 cm³/mol. The van der Waals surface area contributed by atoms with Crippen molar-refractivity contribution in [2.24, 2.45) is 5.73 Å². The Labute approximate surface area is 133 Å². The Morgan fingerprint density at radius 2 is 2.23 bits per heavy atom. The number of nitrogens with zero attached hydrogens (tertiary/aromatic N) is 2. The summed E-state index contributed by atoms with van der Waals surface area (Å²) in [5.74, 6) is -0.301. The molecule has 1 amide bonds. The molecule has 6 heteroatoms. The van der Waals surface area contributed by atoms with Crippen molar-refractivity contribution in [3.8, 4) is 11.3 Å². The maximum atomic E-state index is 11.4. The van der Waals surface area contributed by atoms with E-state index in [1.807, 2.05) is 42.6 Å². The number of rotatable bonds is 4. The van der Waals surface area contributed by atoms with Crippen molar-refractivity contribution >= 4 is 17.2 Å². The van der Waals surface area contributed by atoms with Gasteiger partial charge in [0.05, 0.1) is 18.3 Å². The molecule has 1 fully saturated rings. The van der Waals surface area contributed by atoms with Crippen LogP contribution in [0.25, 0.3) is 11.3 Å². The SMILES string of the molecule is C[C@H](C(N)=O)N1CCO[C@H](c2nc(-c3ccccc3)cs2)C1. The highest BCUT2D eigenvalue weighted by atomic mass is 32.1. The minimum Gasteiger partial charge on any atom is -0.368 e. The fourth-order valence-electron chi connectivity index (χ4n) is 2.53. The van der Waals surface area contributed by atoms with Crippen LogP contribution in [-0.2, 0) is 9.53 Å². The van der Waals surface area contributed by atoms with Crippen molar-refractivity contribution in [1.29, 1.82) is 0 Å². The van der Waals surface area contributed by atoms with Crippen molar-refractivity contribution in [1.82, 2.24) is 9.88 Å². The number of hydrogen-bond donors (Lipinski definition) is 1. The van der Waals surface area contributed by atoms with Gasteiger partial charge in [0, 0.05) is 24.0 Å². The number of carbonyl (C=O) groups is 1. The van der Waals surface area contributed by atoms with E-state index in [-0.39, 0.29) is 18.1 Å². The van der Waals surface area contributed by atoms with Gasteiger partial charge in [-0.05, 0) is 6.92 Å². The predicted octanol–water partition coefficient (Wildman–Crippen LogP) is 2.06. The summed E-state index contributed by atoms with van der Waals surface area (Å²) in [6, 6.07) is 9.80. The highest BCUT2D eigenvalue weighted by Crippen LogP contribution is 2.29. The number of nitrogens with two attached hydrogens (primary N) is 1. The maximum absolute atomic E-state index is 11.4. The molecule has 1 aromatic carbocycles. The lowest BCUT2D eigenvalue weighted by molar-refractivity contribution is -0.126. The third-order valence-electron chi connectivity index (χ3n) is 3.92. The molecule has 0 spiro atoms. The minimum absolute atomic E-state index is 0.0991. The Morgan fingerprint density at radius 1 is 1.45 bits per heavy atom. The first-order valence-corrected chi connectivity index (χ1v) is 8.19. The summed E-state index contributed by atoms with van der Waals surface area (Å²) in [4.78, 5) is 18.1. The molecule has 2 N–H and O–H groups in total. The zero-order valence-corrected chi connectivity index (χ0v) is 13.3. The van der Waals surface area contributed by atoms with Gasteiger partial charge in [0.25, 0.3) is 0 Å². The zero-order chi connectivity index (χ0) is 15.5. The molecule has 2 aromatic rings. The second kappa shape index (κ2) is 6.56. The van der Waals surface area contributed by atoms with E-state index in [4.69, 9.17) is 15.5 Å². The molecule has 1 aliphatic heterocycles. The molecule has 1 aromatic heterocycles. The normalized spacial score (nSPS) is 20.7. The number of carbonyl (C=O) groups excluding carboxylic acids is 1. The third-order valence-corrected chi connectivity index (χ3v) is 4.86. The van der Waals surface area contributed by atoms with E-state index in [1.54, 1.807) is 11.3 Å². The number of amides is 1. The molecular weight excluding hydrogens is 298 g/mol. The fraction of sp³-hybridized carbons (Fsp3) is 0.375. The zero-order valence-electron chi connectivity index (χ0n) is 12.4. The minimum atomic E-state index is -0.301. The fourth-order valence-corrected chi connectivity index (χ4v) is 3.39. The van der Waals surface area contributed by atoms with Crippen LogP contribution >= 0.6 is 11.3 Å². The van der Waals surface area contributed by atoms with Crippen LogP contribution < -0.4 is 5.73 Å². The van der Waals surface area contributed by atoms with Gasteiger partial charge < -0.3 is 10.5 Å². The van der Waals surface area contributed by atoms with Gasteiger partial charge in [-0.2, -0.15) is 0 Å². The molecule has 0 radical (unpaired) electrons. The molecule has 2 atom stereocenters. The highest BCUT2D eigenvalue weighted by Gasteiger charge is 2.29. The standard InChI is InChI=1S/C16H19N3O2S/c1-11(15(17)20)19-7-8-21-14(9-19)16-18-13(10-22-16)12-5-3-2-4-6-12/h2-6,10-11,14H,7-9H2,1H3,(H2,17,20)/t11-,14+/m1/s1. The molecule has 22 heavy (non-hydrogen) atoms. The molecular formula is C16H19N3O2S. The number of primary amides is 1. The number of thiazole rings is 1. The second-order valence-electron chi connectivity index (χ2n) is 5.37. The molecule has 0 unspecified atom stereocenters. The quantitative estimate of drug-likeness (QED) is 0.937. The molecule has 0 aliphatic carbocycles. The highest BCUT2D eigenvalue weighted by molar-refractivity contribution is 7.10. The summed E-state index contributed by atoms with van der Waals surface area (Å²) in [6.07, 6.45) is -0.0991. The van der Waals surface area contributed by atoms with Gasteiger partial charge >= 0.3 is 0 Å². The van der Waals surface area contributed by atoms with Crippen LogP contribution in [0.3, 0.4) is 0 Å². The summed E-state index contributed by atoms with van der Waals surface area (Å²) in [7, 11) is 0. The molecule has 3 rings (SSSR count). The van der Waals surface area contributed by atoms with Crippen LogP contribution in [0.4, 0.5) is 0 Å². The maximum Gasteiger partial charge on any atom is 0.234 e. The molecule has 1 aliphatic rings. The second-order valence-corrected chi connectivity index (χ2v) is 6.26. The first-order valence-electron chi connectivity index (χ1n) is 7.31. The average Bonchev–Trinajstić information content (AvgIpc) is 3.05. The van der Waals surface area contributed by atoms with Crippen molar-refractivity contribution < 1.29 is 9.53 Å². The van der Waals surface area contributed by atoms with Crippen LogP contribution in [0.5, 0.6) is 0 Å². The van der Waals surface area contributed by atoms with Crippen LogP contribution in [0.1, 0.15) is 18.0 Å². The van der Waals surface area contributed by atoms with Gasteiger partial charge in [0.2, 0.25) is 5.91 Å². The third kappa shape index (κ3) is 3.19. The lowest BCUT2D eigenvalue weighted by Crippen LogP contribution is -2.48. The number of benzene rings is 1. The van der Waals surface area contributed by atoms with E-state index >= 15 is 0 Å². The van der Waals surface area contributed by atoms with Crippen LogP contribution in [0.2, 0.25) is 0 Å². The Kier molecular flexibility index (Phi) is 4.52. The van der Waals surface area contributed by atoms with E-state index in [9.17, 15) is 4.79 Å². The van der Waals surface area contributed by atoms with E-state index < -0.39 is 0 Å². The number of ether oxygens (including phenoxy) is 1. The van der Waals surface area contributed by atoms with E-state index in [0.717, 1.165) is 22.8 Å². The summed E-state index contributed by atoms with van der Waals surface area (Å²) in [5, 5.41) is 2.99. The lowest BCUT2D eigenvalue weighted by atomic mass is 10.2. The molecule has 0 bridgehead atoms. The first-order chi connectivity index (χ1) is 10.6. The van der Waals surface area contributed by atoms with Crippen molar-refractivity contribution in [2.45, 2.75) is 19.1 Å². The van der Waals surface area contributed by atoms with Crippen molar-refractivity contribution in [2.75, 3.05) is 19.7 Å². The molecule has 1 saturated heterocycles. The van der Waals surface area contributed by atoms with Crippen LogP contribution in [-0.4, -0.2) is 41.5 Å². The topological polar surface area (TPSA) is 68.5 Å². The Morgan fingerprint density at radius 3 is 2.95 bits per heavy atom. The Balaban J connectivity index is 1.74. The van der Waals surface area contributed by atoms with Crippen molar-refractivity contribution in [3.05, 3.63) is 40.7 Å². The van der Waals surface area contributed by atoms with E-state index in [2.05, 4.69) is 4.90 Å². The van der Waals surface area contributed by atoms with Gasteiger partial charge in [-0.3, -0.25) is 9.69 Å². The van der Waals surface area contributed by atoms with Gasteiger partial charge in [0.15, 0.2) is 0 Å². The average molecular weight is 317 g/mol. The Hall–Kier alpha value is -1.76. The van der Waals surface area contributed by atoms with Crippen molar-refractivity contribution in [3.63, 3.8) is 0 Å². The summed E-state index contributed by atoms with van der Waals surface area (Å²) in [6.45, 7) is 3.79. The monoisotopic (exact) mass is 317 g/mol. The smallest absolute Gasteiger partial charge is 0.234 e. The van der Waals surface area contributed by atoms with Gasteiger partial charge in [0.1, 0.15) is 11.1 Å². The summed E-state index contributed by atoms with van der Waals surface area (Å²) in [5.41, 5.74) is 7.46.